The molecular weight excluding hydrogens is 276 g/mol. The molecule has 2 heterocycles. The summed E-state index contributed by atoms with van der Waals surface area (Å²) in [5.41, 5.74) is 7.66. The van der Waals surface area contributed by atoms with Gasteiger partial charge in [-0.25, -0.2) is 9.89 Å². The highest BCUT2D eigenvalue weighted by Crippen LogP contribution is 2.25. The molecule has 0 radical (unpaired) electrons. The van der Waals surface area contributed by atoms with Gasteiger partial charge in [0.1, 0.15) is 5.58 Å². The maximum atomic E-state index is 11.6. The fourth-order valence-electron chi connectivity index (χ4n) is 1.92. The molecule has 0 bridgehead atoms. The molecule has 7 heteroatoms. The van der Waals surface area contributed by atoms with E-state index >= 15 is 0 Å². The minimum atomic E-state index is -0.354. The number of hydrogen-bond acceptors (Lipinski definition) is 6. The van der Waals surface area contributed by atoms with Crippen LogP contribution < -0.4 is 11.4 Å². The fourth-order valence-corrected chi connectivity index (χ4v) is 2.72. The van der Waals surface area contributed by atoms with Gasteiger partial charge in [0.05, 0.1) is 0 Å². The number of thioether (sulfide) groups is 1. The van der Waals surface area contributed by atoms with Crippen LogP contribution >= 0.6 is 11.8 Å². The number of nitrogens with zero attached hydrogens (tertiary/aromatic N) is 2. The zero-order valence-corrected chi connectivity index (χ0v) is 11.5. The van der Waals surface area contributed by atoms with E-state index in [0.717, 1.165) is 16.5 Å². The van der Waals surface area contributed by atoms with E-state index in [1.165, 1.54) is 17.8 Å². The second kappa shape index (κ2) is 5.01. The number of nitrogens with one attached hydrogen (secondary N) is 1. The number of anilines is 1. The molecule has 2 aromatic heterocycles. The van der Waals surface area contributed by atoms with Gasteiger partial charge in [-0.3, -0.25) is 0 Å². The zero-order chi connectivity index (χ0) is 14.1. The highest BCUT2D eigenvalue weighted by Gasteiger charge is 2.08. The van der Waals surface area contributed by atoms with E-state index in [4.69, 9.17) is 10.2 Å². The molecule has 3 aromatic rings. The summed E-state index contributed by atoms with van der Waals surface area (Å²) < 4.78 is 5.22. The molecule has 3 N–H and O–H groups in total. The number of rotatable bonds is 3. The van der Waals surface area contributed by atoms with Crippen LogP contribution in [0.2, 0.25) is 0 Å². The highest BCUT2D eigenvalue weighted by atomic mass is 32.2. The van der Waals surface area contributed by atoms with Crippen molar-refractivity contribution in [3.8, 4) is 0 Å². The number of nitrogens with two attached hydrogens (primary N) is 1. The first-order valence-corrected chi connectivity index (χ1v) is 6.94. The molecule has 6 nitrogen and oxygen atoms in total. The fraction of sp³-hybridized carbons (Fsp3) is 0.154. The summed E-state index contributed by atoms with van der Waals surface area (Å²) in [5.74, 6) is 0.850. The lowest BCUT2D eigenvalue weighted by Crippen LogP contribution is -2.00. The van der Waals surface area contributed by atoms with Crippen molar-refractivity contribution in [1.29, 1.82) is 0 Å². The van der Waals surface area contributed by atoms with Crippen molar-refractivity contribution < 1.29 is 4.42 Å². The van der Waals surface area contributed by atoms with E-state index < -0.39 is 0 Å². The molecule has 0 unspecified atom stereocenters. The van der Waals surface area contributed by atoms with E-state index in [-0.39, 0.29) is 11.6 Å². The molecule has 0 aliphatic heterocycles. The average molecular weight is 288 g/mol. The Morgan fingerprint density at radius 3 is 3.00 bits per heavy atom. The quantitative estimate of drug-likeness (QED) is 0.565. The molecular formula is C13H12N4O2S. The second-order valence-corrected chi connectivity index (χ2v) is 5.32. The third kappa shape index (κ3) is 2.53. The van der Waals surface area contributed by atoms with Crippen LogP contribution in [0.4, 0.5) is 5.95 Å². The molecule has 0 amide bonds. The predicted molar refractivity (Wildman–Crippen MR) is 77.6 cm³/mol. The molecule has 3 rings (SSSR count). The second-order valence-electron chi connectivity index (χ2n) is 4.38. The lowest BCUT2D eigenvalue weighted by atomic mass is 10.1. The third-order valence-corrected chi connectivity index (χ3v) is 3.72. The number of hydrogen-bond donors (Lipinski definition) is 2. The van der Waals surface area contributed by atoms with Gasteiger partial charge in [0.25, 0.3) is 0 Å². The first-order valence-electron chi connectivity index (χ1n) is 5.96. The Morgan fingerprint density at radius 1 is 1.40 bits per heavy atom. The Morgan fingerprint density at radius 2 is 2.25 bits per heavy atom. The van der Waals surface area contributed by atoms with Crippen molar-refractivity contribution in [3.63, 3.8) is 0 Å². The van der Waals surface area contributed by atoms with Crippen molar-refractivity contribution >= 4 is 28.7 Å². The Labute approximate surface area is 118 Å². The third-order valence-electron chi connectivity index (χ3n) is 2.82. The topological polar surface area (TPSA) is 97.8 Å². The molecule has 0 atom stereocenters. The van der Waals surface area contributed by atoms with Gasteiger partial charge in [0.2, 0.25) is 11.1 Å². The molecule has 0 saturated carbocycles. The molecule has 0 aliphatic carbocycles. The summed E-state index contributed by atoms with van der Waals surface area (Å²) in [6.07, 6.45) is 0. The van der Waals surface area contributed by atoms with E-state index in [2.05, 4.69) is 15.2 Å². The molecule has 102 valence electrons. The first-order chi connectivity index (χ1) is 9.61. The minimum Gasteiger partial charge on any atom is -0.423 e. The van der Waals surface area contributed by atoms with E-state index in [0.29, 0.717) is 16.5 Å². The summed E-state index contributed by atoms with van der Waals surface area (Å²) in [6.45, 7) is 1.96. The smallest absolute Gasteiger partial charge is 0.336 e. The maximum Gasteiger partial charge on any atom is 0.336 e. The van der Waals surface area contributed by atoms with Crippen LogP contribution in [-0.4, -0.2) is 15.2 Å². The first kappa shape index (κ1) is 12.7. The summed E-state index contributed by atoms with van der Waals surface area (Å²) in [4.78, 5) is 15.6. The zero-order valence-electron chi connectivity index (χ0n) is 10.7. The largest absolute Gasteiger partial charge is 0.423 e. The number of aryl methyl sites for hydroxylation is 1. The van der Waals surface area contributed by atoms with Crippen molar-refractivity contribution in [2.24, 2.45) is 0 Å². The Balaban J connectivity index is 1.96. The number of H-pyrrole nitrogens is 1. The normalized spacial score (nSPS) is 11.1. The maximum absolute atomic E-state index is 11.6. The van der Waals surface area contributed by atoms with Crippen LogP contribution in [0.25, 0.3) is 11.0 Å². The van der Waals surface area contributed by atoms with Gasteiger partial charge in [-0.1, -0.05) is 23.9 Å². The summed E-state index contributed by atoms with van der Waals surface area (Å²) in [7, 11) is 0. The van der Waals surface area contributed by atoms with Crippen molar-refractivity contribution in [1.82, 2.24) is 15.2 Å². The number of fused-ring (bicyclic) bond motifs is 1. The molecule has 20 heavy (non-hydrogen) atoms. The Hall–Kier alpha value is -2.28. The summed E-state index contributed by atoms with van der Waals surface area (Å²) in [5, 5.41) is 8.00. The SMILES string of the molecule is Cc1ccc2c(CSc3n[nH]c(N)n3)cc(=O)oc2c1. The van der Waals surface area contributed by atoms with Gasteiger partial charge >= 0.3 is 5.63 Å². The molecule has 0 spiro atoms. The lowest BCUT2D eigenvalue weighted by Gasteiger charge is -2.04. The average Bonchev–Trinajstić information content (AvgIpc) is 2.81. The molecule has 0 saturated heterocycles. The van der Waals surface area contributed by atoms with Crippen molar-refractivity contribution in [2.75, 3.05) is 5.73 Å². The van der Waals surface area contributed by atoms with Crippen LogP contribution in [-0.2, 0) is 5.75 Å². The van der Waals surface area contributed by atoms with Gasteiger partial charge < -0.3 is 10.2 Å². The van der Waals surface area contributed by atoms with Crippen molar-refractivity contribution in [3.05, 3.63) is 45.8 Å². The van der Waals surface area contributed by atoms with Crippen molar-refractivity contribution in [2.45, 2.75) is 17.8 Å². The molecule has 1 aromatic carbocycles. The summed E-state index contributed by atoms with van der Waals surface area (Å²) >= 11 is 1.41. The van der Waals surface area contributed by atoms with Crippen LogP contribution in [0, 0.1) is 6.92 Å². The summed E-state index contributed by atoms with van der Waals surface area (Å²) in [6, 6.07) is 7.30. The molecule has 0 fully saturated rings. The van der Waals surface area contributed by atoms with Crippen LogP contribution in [0.5, 0.6) is 0 Å². The molecule has 0 aliphatic rings. The Bertz CT molecular complexity index is 825. The Kier molecular flexibility index (Phi) is 3.19. The minimum absolute atomic E-state index is 0.278. The van der Waals surface area contributed by atoms with E-state index in [9.17, 15) is 4.79 Å². The van der Waals surface area contributed by atoms with Crippen LogP contribution in [0.3, 0.4) is 0 Å². The van der Waals surface area contributed by atoms with Gasteiger partial charge in [-0.15, -0.1) is 5.10 Å². The van der Waals surface area contributed by atoms with E-state index in [1.54, 1.807) is 0 Å². The van der Waals surface area contributed by atoms with E-state index in [1.807, 2.05) is 25.1 Å². The van der Waals surface area contributed by atoms with Crippen LogP contribution in [0.15, 0.2) is 38.6 Å². The number of benzene rings is 1. The standard InChI is InChI=1S/C13H12N4O2S/c1-7-2-3-9-8(5-11(18)19-10(9)4-7)6-20-13-15-12(14)16-17-13/h2-5H,6H2,1H3,(H3,14,15,16,17). The number of aromatic nitrogens is 3. The van der Waals surface area contributed by atoms with Gasteiger partial charge in [-0.2, -0.15) is 4.98 Å². The van der Waals surface area contributed by atoms with Gasteiger partial charge in [0.15, 0.2) is 0 Å². The van der Waals surface area contributed by atoms with Crippen LogP contribution in [0.1, 0.15) is 11.1 Å². The van der Waals surface area contributed by atoms with Gasteiger partial charge in [-0.05, 0) is 24.1 Å². The van der Waals surface area contributed by atoms with Gasteiger partial charge in [0, 0.05) is 17.2 Å². The highest BCUT2D eigenvalue weighted by molar-refractivity contribution is 7.98. The number of nitrogen functional groups attached to an aromatic ring is 1. The lowest BCUT2D eigenvalue weighted by molar-refractivity contribution is 0.559. The number of aromatic amines is 1. The monoisotopic (exact) mass is 288 g/mol. The predicted octanol–water partition coefficient (Wildman–Crippen LogP) is 2.09.